The van der Waals surface area contributed by atoms with Crippen molar-refractivity contribution in [3.05, 3.63) is 69.9 Å². The smallest absolute Gasteiger partial charge is 0.328 e. The number of hydrogen-bond donors (Lipinski definition) is 1. The van der Waals surface area contributed by atoms with Crippen LogP contribution in [-0.4, -0.2) is 15.0 Å². The van der Waals surface area contributed by atoms with E-state index in [1.165, 1.54) is 15.2 Å². The second-order valence-electron chi connectivity index (χ2n) is 5.38. The zero-order valence-corrected chi connectivity index (χ0v) is 12.8. The summed E-state index contributed by atoms with van der Waals surface area (Å²) in [5, 5.41) is 2.69. The third kappa shape index (κ3) is 2.63. The summed E-state index contributed by atoms with van der Waals surface area (Å²) in [6.07, 6.45) is 0. The SMILES string of the molecule is Cn1c(=O)n(C)c2cc(C(=O)NCc3ccccc3F)ccc21. The lowest BCUT2D eigenvalue weighted by molar-refractivity contribution is 0.0950. The number of carbonyl (C=O) groups excluding carboxylic acids is 1. The number of carbonyl (C=O) groups is 1. The fraction of sp³-hybridized carbons (Fsp3) is 0.176. The molecule has 0 saturated heterocycles. The van der Waals surface area contributed by atoms with Crippen LogP contribution in [0.4, 0.5) is 4.39 Å². The Kier molecular flexibility index (Phi) is 3.73. The van der Waals surface area contributed by atoms with E-state index in [4.69, 9.17) is 0 Å². The van der Waals surface area contributed by atoms with E-state index in [1.54, 1.807) is 50.5 Å². The first-order chi connectivity index (χ1) is 11.0. The molecule has 5 nitrogen and oxygen atoms in total. The molecule has 0 fully saturated rings. The number of benzene rings is 2. The summed E-state index contributed by atoms with van der Waals surface area (Å²) in [5.74, 6) is -0.667. The van der Waals surface area contributed by atoms with Gasteiger partial charge in [-0.25, -0.2) is 9.18 Å². The molecular formula is C17H16FN3O2. The van der Waals surface area contributed by atoms with E-state index in [2.05, 4.69) is 5.32 Å². The highest BCUT2D eigenvalue weighted by atomic mass is 19.1. The predicted octanol–water partition coefficient (Wildman–Crippen LogP) is 1.95. The second kappa shape index (κ2) is 5.72. The van der Waals surface area contributed by atoms with Gasteiger partial charge in [0.1, 0.15) is 5.82 Å². The Morgan fingerprint density at radius 2 is 1.78 bits per heavy atom. The number of amides is 1. The van der Waals surface area contributed by atoms with Crippen molar-refractivity contribution in [2.45, 2.75) is 6.54 Å². The van der Waals surface area contributed by atoms with Crippen LogP contribution >= 0.6 is 0 Å². The summed E-state index contributed by atoms with van der Waals surface area (Å²) >= 11 is 0. The van der Waals surface area contributed by atoms with Crippen LogP contribution in [0.1, 0.15) is 15.9 Å². The molecule has 0 radical (unpaired) electrons. The zero-order chi connectivity index (χ0) is 16.6. The number of rotatable bonds is 3. The highest BCUT2D eigenvalue weighted by Crippen LogP contribution is 2.14. The van der Waals surface area contributed by atoms with Crippen molar-refractivity contribution in [1.82, 2.24) is 14.5 Å². The van der Waals surface area contributed by atoms with Gasteiger partial charge in [0.2, 0.25) is 0 Å². The van der Waals surface area contributed by atoms with E-state index < -0.39 is 0 Å². The molecule has 2 aromatic carbocycles. The van der Waals surface area contributed by atoms with Crippen LogP contribution in [-0.2, 0) is 20.6 Å². The second-order valence-corrected chi connectivity index (χ2v) is 5.38. The quantitative estimate of drug-likeness (QED) is 0.803. The molecule has 23 heavy (non-hydrogen) atoms. The zero-order valence-electron chi connectivity index (χ0n) is 12.8. The third-order valence-electron chi connectivity index (χ3n) is 3.93. The molecule has 0 bridgehead atoms. The lowest BCUT2D eigenvalue weighted by atomic mass is 10.1. The first-order valence-electron chi connectivity index (χ1n) is 7.16. The Morgan fingerprint density at radius 1 is 1.09 bits per heavy atom. The van der Waals surface area contributed by atoms with Crippen molar-refractivity contribution >= 4 is 16.9 Å². The number of nitrogens with zero attached hydrogens (tertiary/aromatic N) is 2. The molecule has 1 heterocycles. The van der Waals surface area contributed by atoms with Gasteiger partial charge in [-0.15, -0.1) is 0 Å². The normalized spacial score (nSPS) is 10.9. The molecule has 3 aromatic rings. The molecule has 0 aliphatic heterocycles. The molecule has 0 unspecified atom stereocenters. The van der Waals surface area contributed by atoms with Crippen LogP contribution in [0.5, 0.6) is 0 Å². The maximum atomic E-state index is 13.6. The average molecular weight is 313 g/mol. The van der Waals surface area contributed by atoms with Crippen molar-refractivity contribution in [3.63, 3.8) is 0 Å². The molecular weight excluding hydrogens is 297 g/mol. The molecule has 0 spiro atoms. The van der Waals surface area contributed by atoms with Gasteiger partial charge < -0.3 is 5.32 Å². The monoisotopic (exact) mass is 313 g/mol. The Morgan fingerprint density at radius 3 is 2.52 bits per heavy atom. The lowest BCUT2D eigenvalue weighted by Gasteiger charge is -2.07. The minimum absolute atomic E-state index is 0.108. The van der Waals surface area contributed by atoms with Gasteiger partial charge in [0, 0.05) is 31.8 Å². The Hall–Kier alpha value is -2.89. The van der Waals surface area contributed by atoms with Crippen LogP contribution in [0.15, 0.2) is 47.3 Å². The molecule has 1 amide bonds. The summed E-state index contributed by atoms with van der Waals surface area (Å²) in [5.41, 5.74) is 2.13. The number of nitrogens with one attached hydrogen (secondary N) is 1. The summed E-state index contributed by atoms with van der Waals surface area (Å²) in [4.78, 5) is 24.1. The van der Waals surface area contributed by atoms with Crippen LogP contribution in [0, 0.1) is 5.82 Å². The molecule has 3 rings (SSSR count). The van der Waals surface area contributed by atoms with E-state index in [9.17, 15) is 14.0 Å². The van der Waals surface area contributed by atoms with Crippen LogP contribution in [0.3, 0.4) is 0 Å². The highest BCUT2D eigenvalue weighted by Gasteiger charge is 2.12. The van der Waals surface area contributed by atoms with Gasteiger partial charge in [0.25, 0.3) is 5.91 Å². The summed E-state index contributed by atoms with van der Waals surface area (Å²) in [6.45, 7) is 0.108. The highest BCUT2D eigenvalue weighted by molar-refractivity contribution is 5.97. The van der Waals surface area contributed by atoms with Crippen molar-refractivity contribution in [3.8, 4) is 0 Å². The van der Waals surface area contributed by atoms with Gasteiger partial charge in [0.15, 0.2) is 0 Å². The number of halogens is 1. The molecule has 0 atom stereocenters. The molecule has 0 aliphatic rings. The molecule has 1 aromatic heterocycles. The average Bonchev–Trinajstić information content (AvgIpc) is 2.78. The number of aryl methyl sites for hydroxylation is 2. The Labute approximate surface area is 132 Å². The Balaban J connectivity index is 1.85. The van der Waals surface area contributed by atoms with Gasteiger partial charge >= 0.3 is 5.69 Å². The van der Waals surface area contributed by atoms with Crippen molar-refractivity contribution in [2.24, 2.45) is 14.1 Å². The van der Waals surface area contributed by atoms with E-state index >= 15 is 0 Å². The molecule has 118 valence electrons. The van der Waals surface area contributed by atoms with Crippen LogP contribution < -0.4 is 11.0 Å². The fourth-order valence-electron chi connectivity index (χ4n) is 2.57. The van der Waals surface area contributed by atoms with E-state index in [1.807, 2.05) is 0 Å². The standard InChI is InChI=1S/C17H16FN3O2/c1-20-14-8-7-11(9-15(14)21(2)17(20)23)16(22)19-10-12-5-3-4-6-13(12)18/h3-9H,10H2,1-2H3,(H,19,22). The van der Waals surface area contributed by atoms with Crippen LogP contribution in [0.25, 0.3) is 11.0 Å². The van der Waals surface area contributed by atoms with Gasteiger partial charge in [-0.05, 0) is 24.3 Å². The summed E-state index contributed by atoms with van der Waals surface area (Å²) < 4.78 is 16.6. The first kappa shape index (κ1) is 15.0. The molecule has 6 heteroatoms. The van der Waals surface area contributed by atoms with Crippen molar-refractivity contribution < 1.29 is 9.18 Å². The maximum absolute atomic E-state index is 13.6. The maximum Gasteiger partial charge on any atom is 0.328 e. The van der Waals surface area contributed by atoms with Gasteiger partial charge in [-0.3, -0.25) is 13.9 Å². The third-order valence-corrected chi connectivity index (χ3v) is 3.93. The van der Waals surface area contributed by atoms with Crippen LogP contribution in [0.2, 0.25) is 0 Å². The van der Waals surface area contributed by atoms with E-state index in [0.717, 1.165) is 5.52 Å². The number of aromatic nitrogens is 2. The number of hydrogen-bond acceptors (Lipinski definition) is 2. The van der Waals surface area contributed by atoms with Gasteiger partial charge in [-0.1, -0.05) is 18.2 Å². The topological polar surface area (TPSA) is 56.0 Å². The number of imidazole rings is 1. The predicted molar refractivity (Wildman–Crippen MR) is 85.7 cm³/mol. The van der Waals surface area contributed by atoms with Gasteiger partial charge in [-0.2, -0.15) is 0 Å². The first-order valence-corrected chi connectivity index (χ1v) is 7.16. The van der Waals surface area contributed by atoms with E-state index in [-0.39, 0.29) is 24.0 Å². The minimum atomic E-state index is -0.353. The largest absolute Gasteiger partial charge is 0.348 e. The minimum Gasteiger partial charge on any atom is -0.348 e. The van der Waals surface area contributed by atoms with Gasteiger partial charge in [0.05, 0.1) is 11.0 Å². The van der Waals surface area contributed by atoms with Crippen molar-refractivity contribution in [1.29, 1.82) is 0 Å². The number of fused-ring (bicyclic) bond motifs is 1. The lowest BCUT2D eigenvalue weighted by Crippen LogP contribution is -2.23. The Bertz CT molecular complexity index is 956. The summed E-state index contributed by atoms with van der Waals surface area (Å²) in [7, 11) is 3.34. The fourth-order valence-corrected chi connectivity index (χ4v) is 2.57. The summed E-state index contributed by atoms with van der Waals surface area (Å²) in [6, 6.07) is 11.3. The van der Waals surface area contributed by atoms with E-state index in [0.29, 0.717) is 16.6 Å². The molecule has 1 N–H and O–H groups in total. The molecule has 0 saturated carbocycles. The van der Waals surface area contributed by atoms with Crippen molar-refractivity contribution in [2.75, 3.05) is 0 Å². The molecule has 0 aliphatic carbocycles.